The monoisotopic (exact) mass is 295 g/mol. The van der Waals surface area contributed by atoms with Crippen molar-refractivity contribution in [3.63, 3.8) is 0 Å². The Hall–Kier alpha value is -2.02. The molecule has 1 aromatic carbocycles. The van der Waals surface area contributed by atoms with E-state index < -0.39 is 22.3 Å². The van der Waals surface area contributed by atoms with E-state index in [2.05, 4.69) is 0 Å². The van der Waals surface area contributed by atoms with Crippen LogP contribution in [0.25, 0.3) is 0 Å². The predicted octanol–water partition coefficient (Wildman–Crippen LogP) is 1.93. The van der Waals surface area contributed by atoms with Crippen LogP contribution in [0.3, 0.4) is 0 Å². The topological polar surface area (TPSA) is 89.5 Å². The van der Waals surface area contributed by atoms with Gasteiger partial charge in [-0.3, -0.25) is 14.9 Å². The minimum absolute atomic E-state index is 0.00651. The molecule has 1 amide bonds. The second-order valence-electron chi connectivity index (χ2n) is 6.07. The molecule has 114 valence electrons. The van der Waals surface area contributed by atoms with E-state index >= 15 is 0 Å². The van der Waals surface area contributed by atoms with Crippen LogP contribution >= 0.6 is 0 Å². The number of hydrogen-bond donors (Lipinski definition) is 1. The van der Waals surface area contributed by atoms with Gasteiger partial charge in [0.2, 0.25) is 0 Å². The minimum atomic E-state index is -0.791. The quantitative estimate of drug-likeness (QED) is 0.667. The molecule has 1 fully saturated rings. The van der Waals surface area contributed by atoms with E-state index in [-0.39, 0.29) is 17.0 Å². The molecule has 1 unspecified atom stereocenters. The van der Waals surface area contributed by atoms with Crippen molar-refractivity contribution in [3.8, 4) is 0 Å². The zero-order valence-corrected chi connectivity index (χ0v) is 12.0. The molecule has 7 heteroatoms. The van der Waals surface area contributed by atoms with Crippen LogP contribution in [-0.4, -0.2) is 34.9 Å². The summed E-state index contributed by atoms with van der Waals surface area (Å²) in [6.45, 7) is 4.83. The number of benzene rings is 1. The number of hydrogen-bond acceptors (Lipinski definition) is 4. The standard InChI is InChI=1S/C14H18FN3O3/c1-14(2)8-17(4-3-12(14)16)13(19)9-5-10(15)7-11(6-9)18(20)21/h5-7,12H,3-4,8,16H2,1-2H3. The Balaban J connectivity index is 2.26. The van der Waals surface area contributed by atoms with E-state index in [0.717, 1.165) is 18.2 Å². The van der Waals surface area contributed by atoms with Crippen molar-refractivity contribution in [3.05, 3.63) is 39.7 Å². The van der Waals surface area contributed by atoms with E-state index in [9.17, 15) is 19.3 Å². The van der Waals surface area contributed by atoms with Crippen molar-refractivity contribution in [1.82, 2.24) is 4.90 Å². The molecule has 2 rings (SSSR count). The van der Waals surface area contributed by atoms with Gasteiger partial charge in [0, 0.05) is 30.8 Å². The van der Waals surface area contributed by atoms with E-state index in [0.29, 0.717) is 19.5 Å². The van der Waals surface area contributed by atoms with Crippen LogP contribution in [0.4, 0.5) is 10.1 Å². The van der Waals surface area contributed by atoms with Crippen molar-refractivity contribution in [2.45, 2.75) is 26.3 Å². The van der Waals surface area contributed by atoms with Crippen molar-refractivity contribution in [1.29, 1.82) is 0 Å². The molecule has 1 saturated heterocycles. The van der Waals surface area contributed by atoms with Gasteiger partial charge in [0.1, 0.15) is 5.82 Å². The Bertz CT molecular complexity index is 589. The van der Waals surface area contributed by atoms with E-state index in [1.165, 1.54) is 0 Å². The number of nitrogens with zero attached hydrogens (tertiary/aromatic N) is 2. The maximum atomic E-state index is 13.4. The van der Waals surface area contributed by atoms with Crippen LogP contribution in [0.15, 0.2) is 18.2 Å². The van der Waals surface area contributed by atoms with Crippen molar-refractivity contribution in [2.75, 3.05) is 13.1 Å². The molecule has 0 bridgehead atoms. The Kier molecular flexibility index (Phi) is 3.95. The maximum Gasteiger partial charge on any atom is 0.273 e. The fourth-order valence-corrected chi connectivity index (χ4v) is 2.53. The lowest BCUT2D eigenvalue weighted by Gasteiger charge is -2.42. The molecule has 6 nitrogen and oxygen atoms in total. The Labute approximate surface area is 121 Å². The van der Waals surface area contributed by atoms with E-state index in [1.807, 2.05) is 13.8 Å². The summed E-state index contributed by atoms with van der Waals surface area (Å²) in [4.78, 5) is 24.0. The first-order valence-electron chi connectivity index (χ1n) is 6.70. The van der Waals surface area contributed by atoms with Gasteiger partial charge in [-0.2, -0.15) is 0 Å². The smallest absolute Gasteiger partial charge is 0.273 e. The second-order valence-corrected chi connectivity index (χ2v) is 6.07. The lowest BCUT2D eigenvalue weighted by Crippen LogP contribution is -2.54. The molecule has 2 N–H and O–H groups in total. The average Bonchev–Trinajstić information content (AvgIpc) is 2.40. The first-order chi connectivity index (χ1) is 9.70. The van der Waals surface area contributed by atoms with Gasteiger partial charge in [-0.25, -0.2) is 4.39 Å². The number of likely N-dealkylation sites (tertiary alicyclic amines) is 1. The van der Waals surface area contributed by atoms with Gasteiger partial charge in [0.15, 0.2) is 0 Å². The largest absolute Gasteiger partial charge is 0.338 e. The number of rotatable bonds is 2. The number of nitrogens with two attached hydrogens (primary N) is 1. The van der Waals surface area contributed by atoms with Crippen LogP contribution in [0.5, 0.6) is 0 Å². The summed E-state index contributed by atoms with van der Waals surface area (Å²) < 4.78 is 13.4. The molecular weight excluding hydrogens is 277 g/mol. The zero-order valence-electron chi connectivity index (χ0n) is 12.0. The third-order valence-corrected chi connectivity index (χ3v) is 3.94. The van der Waals surface area contributed by atoms with Gasteiger partial charge >= 0.3 is 0 Å². The number of nitro groups is 1. The molecule has 21 heavy (non-hydrogen) atoms. The first kappa shape index (κ1) is 15.4. The van der Waals surface area contributed by atoms with E-state index in [1.54, 1.807) is 4.90 Å². The van der Waals surface area contributed by atoms with Gasteiger partial charge in [-0.05, 0) is 17.9 Å². The van der Waals surface area contributed by atoms with Gasteiger partial charge in [-0.15, -0.1) is 0 Å². The molecule has 1 heterocycles. The van der Waals surface area contributed by atoms with E-state index in [4.69, 9.17) is 5.73 Å². The predicted molar refractivity (Wildman–Crippen MR) is 75.3 cm³/mol. The number of carbonyl (C=O) groups is 1. The summed E-state index contributed by atoms with van der Waals surface area (Å²) >= 11 is 0. The fraction of sp³-hybridized carbons (Fsp3) is 0.500. The highest BCUT2D eigenvalue weighted by atomic mass is 19.1. The molecule has 0 aliphatic carbocycles. The molecular formula is C14H18FN3O3. The van der Waals surface area contributed by atoms with Gasteiger partial charge < -0.3 is 10.6 Å². The lowest BCUT2D eigenvalue weighted by molar-refractivity contribution is -0.385. The molecule has 1 aliphatic heterocycles. The summed E-state index contributed by atoms with van der Waals surface area (Å²) in [6, 6.07) is 2.92. The fourth-order valence-electron chi connectivity index (χ4n) is 2.53. The number of non-ortho nitro benzene ring substituents is 1. The highest BCUT2D eigenvalue weighted by Gasteiger charge is 2.35. The Morgan fingerprint density at radius 3 is 2.71 bits per heavy atom. The highest BCUT2D eigenvalue weighted by molar-refractivity contribution is 5.95. The molecule has 0 spiro atoms. The van der Waals surface area contributed by atoms with Crippen LogP contribution in [0.1, 0.15) is 30.6 Å². The number of carbonyl (C=O) groups excluding carboxylic acids is 1. The summed E-state index contributed by atoms with van der Waals surface area (Å²) in [5.41, 5.74) is 5.34. The third kappa shape index (κ3) is 3.18. The number of nitro benzene ring substituents is 1. The SMILES string of the molecule is CC1(C)CN(C(=O)c2cc(F)cc([N+](=O)[O-])c2)CCC1N. The summed E-state index contributed by atoms with van der Waals surface area (Å²) in [7, 11) is 0. The molecule has 0 saturated carbocycles. The third-order valence-electron chi connectivity index (χ3n) is 3.94. The molecule has 0 aromatic heterocycles. The van der Waals surface area contributed by atoms with Crippen LogP contribution < -0.4 is 5.73 Å². The van der Waals surface area contributed by atoms with Gasteiger partial charge in [0.05, 0.1) is 11.0 Å². The zero-order chi connectivity index (χ0) is 15.8. The van der Waals surface area contributed by atoms with Crippen molar-refractivity contribution in [2.24, 2.45) is 11.1 Å². The maximum absolute atomic E-state index is 13.4. The summed E-state index contributed by atoms with van der Waals surface area (Å²) in [6.07, 6.45) is 0.649. The number of halogens is 1. The van der Waals surface area contributed by atoms with Crippen LogP contribution in [0, 0.1) is 21.3 Å². The summed E-state index contributed by atoms with van der Waals surface area (Å²) in [5.74, 6) is -1.20. The number of piperidine rings is 1. The Morgan fingerprint density at radius 1 is 1.48 bits per heavy atom. The van der Waals surface area contributed by atoms with Crippen molar-refractivity contribution < 1.29 is 14.1 Å². The Morgan fingerprint density at radius 2 is 2.14 bits per heavy atom. The summed E-state index contributed by atoms with van der Waals surface area (Å²) in [5, 5.41) is 10.7. The highest BCUT2D eigenvalue weighted by Crippen LogP contribution is 2.29. The van der Waals surface area contributed by atoms with Gasteiger partial charge in [-0.1, -0.05) is 13.8 Å². The van der Waals surface area contributed by atoms with Crippen LogP contribution in [-0.2, 0) is 0 Å². The minimum Gasteiger partial charge on any atom is -0.338 e. The number of amides is 1. The lowest BCUT2D eigenvalue weighted by atomic mass is 9.79. The molecule has 1 aliphatic rings. The van der Waals surface area contributed by atoms with Crippen molar-refractivity contribution >= 4 is 11.6 Å². The van der Waals surface area contributed by atoms with Gasteiger partial charge in [0.25, 0.3) is 11.6 Å². The second kappa shape index (κ2) is 5.40. The normalized spacial score (nSPS) is 21.1. The molecule has 1 atom stereocenters. The molecule has 0 radical (unpaired) electrons. The molecule has 1 aromatic rings. The average molecular weight is 295 g/mol. The first-order valence-corrected chi connectivity index (χ1v) is 6.70. The van der Waals surface area contributed by atoms with Crippen LogP contribution in [0.2, 0.25) is 0 Å².